The fourth-order valence-electron chi connectivity index (χ4n) is 4.61. The van der Waals surface area contributed by atoms with Crippen LogP contribution in [0, 0.1) is 0 Å². The lowest BCUT2D eigenvalue weighted by Crippen LogP contribution is -2.65. The maximum Gasteiger partial charge on any atom is 0.339 e. The third-order valence-corrected chi connectivity index (χ3v) is 7.14. The highest BCUT2D eigenvalue weighted by atomic mass is 16.6. The van der Waals surface area contributed by atoms with Gasteiger partial charge in [0.2, 0.25) is 11.2 Å². The molecule has 0 saturated heterocycles. The zero-order chi connectivity index (χ0) is 26.4. The molecular formula is C29H56O6. The van der Waals surface area contributed by atoms with Gasteiger partial charge in [0.15, 0.2) is 0 Å². The van der Waals surface area contributed by atoms with E-state index in [1.54, 1.807) is 0 Å². The number of hydrogen-bond acceptors (Lipinski definition) is 4. The second-order valence-corrected chi connectivity index (χ2v) is 10.2. The van der Waals surface area contributed by atoms with Crippen LogP contribution in [0.1, 0.15) is 150 Å². The summed E-state index contributed by atoms with van der Waals surface area (Å²) in [5, 5.41) is 20.5. The number of hydrogen-bond donors (Lipinski definition) is 2. The van der Waals surface area contributed by atoms with E-state index >= 15 is 0 Å². The van der Waals surface area contributed by atoms with Crippen LogP contribution in [0.25, 0.3) is 0 Å². The largest absolute Gasteiger partial charge is 0.479 e. The van der Waals surface area contributed by atoms with E-state index < -0.39 is 23.1 Å². The number of aliphatic carboxylic acids is 2. The fraction of sp³-hybridized carbons (Fsp3) is 0.931. The predicted octanol–water partition coefficient (Wildman–Crippen LogP) is 8.16. The van der Waals surface area contributed by atoms with Gasteiger partial charge < -0.3 is 19.7 Å². The molecule has 0 aliphatic carbocycles. The summed E-state index contributed by atoms with van der Waals surface area (Å²) in [5.41, 5.74) is -3.83. The van der Waals surface area contributed by atoms with Gasteiger partial charge in [-0.2, -0.15) is 0 Å². The Bertz CT molecular complexity index is 537. The molecule has 208 valence electrons. The summed E-state index contributed by atoms with van der Waals surface area (Å²) in [5.74, 6) is -2.50. The lowest BCUT2D eigenvalue weighted by atomic mass is 9.79. The lowest BCUT2D eigenvalue weighted by Gasteiger charge is -2.42. The summed E-state index contributed by atoms with van der Waals surface area (Å²) >= 11 is 0. The Morgan fingerprint density at radius 2 is 0.914 bits per heavy atom. The molecule has 2 N–H and O–H groups in total. The maximum atomic E-state index is 12.7. The van der Waals surface area contributed by atoms with E-state index in [4.69, 9.17) is 9.47 Å². The van der Waals surface area contributed by atoms with Crippen LogP contribution in [0.3, 0.4) is 0 Å². The molecule has 0 fully saturated rings. The zero-order valence-corrected chi connectivity index (χ0v) is 23.4. The van der Waals surface area contributed by atoms with Crippen LogP contribution in [0.15, 0.2) is 0 Å². The lowest BCUT2D eigenvalue weighted by molar-refractivity contribution is -0.229. The van der Waals surface area contributed by atoms with Crippen molar-refractivity contribution < 1.29 is 29.3 Å². The second-order valence-electron chi connectivity index (χ2n) is 10.2. The van der Waals surface area contributed by atoms with Crippen LogP contribution in [0.4, 0.5) is 0 Å². The molecule has 0 heterocycles. The minimum atomic E-state index is -1.94. The number of carboxylic acids is 2. The van der Waals surface area contributed by atoms with Gasteiger partial charge in [0.25, 0.3) is 0 Å². The molecule has 0 aromatic heterocycles. The standard InChI is InChI=1S/C29H56O6/c1-5-8-11-14-17-20-23-29(27(32)33,35-25-22-19-16-13-10-7-3)28(4,26(30)31)34-24-21-18-15-12-9-6-2/h5-25H2,1-4H3,(H,30,31)(H,32,33). The molecule has 0 bridgehead atoms. The van der Waals surface area contributed by atoms with E-state index in [9.17, 15) is 19.8 Å². The Labute approximate surface area is 215 Å². The molecular weight excluding hydrogens is 444 g/mol. The molecule has 0 aromatic carbocycles. The van der Waals surface area contributed by atoms with Crippen LogP contribution in [0.5, 0.6) is 0 Å². The van der Waals surface area contributed by atoms with E-state index in [2.05, 4.69) is 20.8 Å². The normalized spacial score (nSPS) is 15.0. The zero-order valence-electron chi connectivity index (χ0n) is 23.4. The van der Waals surface area contributed by atoms with Crippen LogP contribution >= 0.6 is 0 Å². The monoisotopic (exact) mass is 500 g/mol. The van der Waals surface area contributed by atoms with Crippen LogP contribution in [-0.4, -0.2) is 46.6 Å². The minimum absolute atomic E-state index is 0.142. The van der Waals surface area contributed by atoms with Gasteiger partial charge >= 0.3 is 11.9 Å². The quantitative estimate of drug-likeness (QED) is 0.116. The van der Waals surface area contributed by atoms with Crippen LogP contribution < -0.4 is 0 Å². The summed E-state index contributed by atoms with van der Waals surface area (Å²) in [6.07, 6.45) is 18.6. The van der Waals surface area contributed by atoms with Crippen molar-refractivity contribution in [1.29, 1.82) is 0 Å². The van der Waals surface area contributed by atoms with Crippen molar-refractivity contribution in [3.63, 3.8) is 0 Å². The Morgan fingerprint density at radius 1 is 0.543 bits per heavy atom. The SMILES string of the molecule is CCCCCCCCOC(C)(C(=O)O)C(CCCCCCCC)(OCCCCCCCC)C(=O)O. The van der Waals surface area contributed by atoms with E-state index in [0.717, 1.165) is 83.5 Å². The number of ether oxygens (including phenoxy) is 2. The molecule has 35 heavy (non-hydrogen) atoms. The van der Waals surface area contributed by atoms with E-state index in [1.807, 2.05) is 0 Å². The maximum absolute atomic E-state index is 12.7. The molecule has 2 unspecified atom stereocenters. The number of unbranched alkanes of at least 4 members (excludes halogenated alkanes) is 15. The highest BCUT2D eigenvalue weighted by Gasteiger charge is 2.61. The Hall–Kier alpha value is -1.14. The van der Waals surface area contributed by atoms with Crippen LogP contribution in [0.2, 0.25) is 0 Å². The van der Waals surface area contributed by atoms with Gasteiger partial charge in [-0.05, 0) is 32.6 Å². The average Bonchev–Trinajstić information content (AvgIpc) is 2.83. The average molecular weight is 501 g/mol. The van der Waals surface area contributed by atoms with Crippen molar-refractivity contribution in [3.8, 4) is 0 Å². The summed E-state index contributed by atoms with van der Waals surface area (Å²) in [6.45, 7) is 8.36. The van der Waals surface area contributed by atoms with Gasteiger partial charge in [-0.15, -0.1) is 0 Å². The first-order valence-electron chi connectivity index (χ1n) is 14.6. The van der Waals surface area contributed by atoms with Crippen molar-refractivity contribution in [2.24, 2.45) is 0 Å². The third kappa shape index (κ3) is 13.1. The smallest absolute Gasteiger partial charge is 0.339 e. The van der Waals surface area contributed by atoms with Crippen molar-refractivity contribution >= 4 is 11.9 Å². The van der Waals surface area contributed by atoms with Gasteiger partial charge in [-0.3, -0.25) is 0 Å². The first kappa shape index (κ1) is 33.9. The first-order chi connectivity index (χ1) is 16.8. The molecule has 0 aromatic rings. The molecule has 0 saturated carbocycles. The van der Waals surface area contributed by atoms with Gasteiger partial charge in [0.1, 0.15) is 0 Å². The summed E-state index contributed by atoms with van der Waals surface area (Å²) in [6, 6.07) is 0. The number of carbonyl (C=O) groups is 2. The Kier molecular flexibility index (Phi) is 20.3. The fourth-order valence-corrected chi connectivity index (χ4v) is 4.61. The van der Waals surface area contributed by atoms with Gasteiger partial charge in [0.05, 0.1) is 0 Å². The Morgan fingerprint density at radius 3 is 1.31 bits per heavy atom. The summed E-state index contributed by atoms with van der Waals surface area (Å²) in [7, 11) is 0. The molecule has 0 aliphatic rings. The molecule has 6 nitrogen and oxygen atoms in total. The van der Waals surface area contributed by atoms with Gasteiger partial charge in [0, 0.05) is 13.2 Å². The van der Waals surface area contributed by atoms with Crippen molar-refractivity contribution in [2.45, 2.75) is 161 Å². The topological polar surface area (TPSA) is 93.1 Å². The molecule has 0 radical (unpaired) electrons. The van der Waals surface area contributed by atoms with E-state index in [0.29, 0.717) is 6.42 Å². The molecule has 0 rings (SSSR count). The summed E-state index contributed by atoms with van der Waals surface area (Å²) in [4.78, 5) is 25.2. The molecule has 0 spiro atoms. The Balaban J connectivity index is 5.31. The first-order valence-corrected chi connectivity index (χ1v) is 14.6. The van der Waals surface area contributed by atoms with Gasteiger partial charge in [-0.1, -0.05) is 117 Å². The highest BCUT2D eigenvalue weighted by Crippen LogP contribution is 2.37. The molecule has 2 atom stereocenters. The van der Waals surface area contributed by atoms with Crippen molar-refractivity contribution in [3.05, 3.63) is 0 Å². The highest BCUT2D eigenvalue weighted by molar-refractivity contribution is 5.91. The summed E-state index contributed by atoms with van der Waals surface area (Å²) < 4.78 is 12.0. The molecule has 0 aliphatic heterocycles. The number of rotatable bonds is 26. The third-order valence-electron chi connectivity index (χ3n) is 7.14. The van der Waals surface area contributed by atoms with E-state index in [-0.39, 0.29) is 19.6 Å². The minimum Gasteiger partial charge on any atom is -0.479 e. The van der Waals surface area contributed by atoms with Crippen molar-refractivity contribution in [1.82, 2.24) is 0 Å². The van der Waals surface area contributed by atoms with Crippen LogP contribution in [-0.2, 0) is 19.1 Å². The second kappa shape index (κ2) is 21.0. The van der Waals surface area contributed by atoms with Crippen molar-refractivity contribution in [2.75, 3.05) is 13.2 Å². The molecule has 0 amide bonds. The molecule has 6 heteroatoms. The van der Waals surface area contributed by atoms with Gasteiger partial charge in [-0.25, -0.2) is 9.59 Å². The number of carboxylic acid groups (broad SMARTS) is 2. The predicted molar refractivity (Wildman–Crippen MR) is 143 cm³/mol. The van der Waals surface area contributed by atoms with E-state index in [1.165, 1.54) is 32.6 Å².